The molecule has 1 aromatic carbocycles. The van der Waals surface area contributed by atoms with E-state index in [2.05, 4.69) is 41.7 Å². The van der Waals surface area contributed by atoms with Crippen molar-refractivity contribution in [3.05, 3.63) is 34.0 Å². The molecule has 1 heterocycles. The van der Waals surface area contributed by atoms with Gasteiger partial charge in [0, 0.05) is 15.6 Å². The van der Waals surface area contributed by atoms with Crippen LogP contribution in [-0.2, 0) is 5.54 Å². The average molecular weight is 329 g/mol. The van der Waals surface area contributed by atoms with Gasteiger partial charge in [0.25, 0.3) is 0 Å². The van der Waals surface area contributed by atoms with Crippen molar-refractivity contribution in [1.82, 2.24) is 9.55 Å². The highest BCUT2D eigenvalue weighted by molar-refractivity contribution is 9.10. The quantitative estimate of drug-likeness (QED) is 0.848. The molecule has 2 N–H and O–H groups in total. The van der Waals surface area contributed by atoms with Crippen molar-refractivity contribution in [3.63, 3.8) is 0 Å². The number of nitrogens with zero attached hydrogens (tertiary/aromatic N) is 2. The second-order valence-corrected chi connectivity index (χ2v) is 6.41. The maximum absolute atomic E-state index is 6.16. The number of imidazole rings is 1. The van der Waals surface area contributed by atoms with E-state index < -0.39 is 0 Å². The van der Waals surface area contributed by atoms with Gasteiger partial charge in [-0.1, -0.05) is 17.7 Å². The van der Waals surface area contributed by atoms with Crippen LogP contribution in [-0.4, -0.2) is 9.55 Å². The molecule has 2 aromatic rings. The molecule has 0 saturated carbocycles. The third-order valence-electron chi connectivity index (χ3n) is 2.72. The van der Waals surface area contributed by atoms with Gasteiger partial charge in [0.05, 0.1) is 11.3 Å². The summed E-state index contributed by atoms with van der Waals surface area (Å²) in [5.74, 6) is 0.654. The fourth-order valence-corrected chi connectivity index (χ4v) is 2.19. The number of halogens is 2. The van der Waals surface area contributed by atoms with Crippen molar-refractivity contribution < 1.29 is 0 Å². The molecule has 0 bridgehead atoms. The zero-order chi connectivity index (χ0) is 13.5. The van der Waals surface area contributed by atoms with Crippen LogP contribution < -0.4 is 5.73 Å². The first kappa shape index (κ1) is 13.4. The molecule has 1 aromatic heterocycles. The standard InChI is InChI=1S/C13H15BrClN3/c1-13(2,3)18-7-17-11(12(18)16)8-4-5-9(14)10(15)6-8/h4-7H,16H2,1-3H3. The first-order valence-electron chi connectivity index (χ1n) is 5.59. The predicted molar refractivity (Wildman–Crippen MR) is 79.8 cm³/mol. The highest BCUT2D eigenvalue weighted by atomic mass is 79.9. The molecule has 0 radical (unpaired) electrons. The van der Waals surface area contributed by atoms with Gasteiger partial charge >= 0.3 is 0 Å². The second-order valence-electron chi connectivity index (χ2n) is 5.15. The van der Waals surface area contributed by atoms with Crippen molar-refractivity contribution in [2.24, 2.45) is 0 Å². The van der Waals surface area contributed by atoms with Crippen molar-refractivity contribution in [1.29, 1.82) is 0 Å². The number of nitrogen functional groups attached to an aromatic ring is 1. The normalized spacial score (nSPS) is 11.8. The van der Waals surface area contributed by atoms with E-state index in [-0.39, 0.29) is 5.54 Å². The van der Waals surface area contributed by atoms with Crippen LogP contribution in [0.3, 0.4) is 0 Å². The summed E-state index contributed by atoms with van der Waals surface area (Å²) in [5.41, 5.74) is 7.75. The number of hydrogen-bond donors (Lipinski definition) is 1. The largest absolute Gasteiger partial charge is 0.383 e. The van der Waals surface area contributed by atoms with E-state index in [0.717, 1.165) is 15.7 Å². The van der Waals surface area contributed by atoms with Crippen LogP contribution in [0.5, 0.6) is 0 Å². The van der Waals surface area contributed by atoms with Crippen LogP contribution in [0, 0.1) is 0 Å². The van der Waals surface area contributed by atoms with Crippen molar-refractivity contribution in [2.75, 3.05) is 5.73 Å². The minimum absolute atomic E-state index is 0.0888. The molecule has 96 valence electrons. The van der Waals surface area contributed by atoms with E-state index in [4.69, 9.17) is 17.3 Å². The second kappa shape index (κ2) is 4.59. The van der Waals surface area contributed by atoms with Crippen molar-refractivity contribution in [3.8, 4) is 11.3 Å². The SMILES string of the molecule is CC(C)(C)n1cnc(-c2ccc(Br)c(Cl)c2)c1N. The fraction of sp³-hybridized carbons (Fsp3) is 0.308. The van der Waals surface area contributed by atoms with Crippen LogP contribution in [0.1, 0.15) is 20.8 Å². The monoisotopic (exact) mass is 327 g/mol. The van der Waals surface area contributed by atoms with Crippen LogP contribution in [0.2, 0.25) is 5.02 Å². The number of rotatable bonds is 1. The number of benzene rings is 1. The molecule has 0 aliphatic rings. The fourth-order valence-electron chi connectivity index (χ4n) is 1.76. The van der Waals surface area contributed by atoms with E-state index in [0.29, 0.717) is 10.8 Å². The molecule has 3 nitrogen and oxygen atoms in total. The third-order valence-corrected chi connectivity index (χ3v) is 3.95. The average Bonchev–Trinajstić information content (AvgIpc) is 2.64. The smallest absolute Gasteiger partial charge is 0.132 e. The zero-order valence-corrected chi connectivity index (χ0v) is 12.9. The maximum atomic E-state index is 6.16. The molecule has 0 atom stereocenters. The van der Waals surface area contributed by atoms with Gasteiger partial charge < -0.3 is 10.3 Å². The maximum Gasteiger partial charge on any atom is 0.132 e. The Morgan fingerprint density at radius 3 is 2.50 bits per heavy atom. The molecule has 2 rings (SSSR count). The highest BCUT2D eigenvalue weighted by Crippen LogP contribution is 2.32. The number of hydrogen-bond acceptors (Lipinski definition) is 2. The Labute approximate surface area is 120 Å². The Hall–Kier alpha value is -1.00. The van der Waals surface area contributed by atoms with Gasteiger partial charge in [0.2, 0.25) is 0 Å². The summed E-state index contributed by atoms with van der Waals surface area (Å²) in [7, 11) is 0. The van der Waals surface area contributed by atoms with E-state index in [9.17, 15) is 0 Å². The molecule has 0 amide bonds. The molecule has 0 fully saturated rings. The molecule has 0 aliphatic carbocycles. The summed E-state index contributed by atoms with van der Waals surface area (Å²) < 4.78 is 2.82. The van der Waals surface area contributed by atoms with Gasteiger partial charge in [-0.25, -0.2) is 4.98 Å². The van der Waals surface area contributed by atoms with Crippen LogP contribution in [0.15, 0.2) is 29.0 Å². The Balaban J connectivity index is 2.52. The van der Waals surface area contributed by atoms with E-state index in [1.165, 1.54) is 0 Å². The third kappa shape index (κ3) is 2.40. The summed E-state index contributed by atoms with van der Waals surface area (Å²) in [6, 6.07) is 5.70. The molecule has 0 saturated heterocycles. The lowest BCUT2D eigenvalue weighted by Gasteiger charge is -2.22. The minimum Gasteiger partial charge on any atom is -0.383 e. The lowest BCUT2D eigenvalue weighted by atomic mass is 10.1. The highest BCUT2D eigenvalue weighted by Gasteiger charge is 2.19. The van der Waals surface area contributed by atoms with Gasteiger partial charge in [0.1, 0.15) is 11.5 Å². The predicted octanol–water partition coefficient (Wildman–Crippen LogP) is 4.30. The summed E-state index contributed by atoms with van der Waals surface area (Å²) in [5, 5.41) is 0.650. The van der Waals surface area contributed by atoms with Crippen LogP contribution >= 0.6 is 27.5 Å². The Morgan fingerprint density at radius 1 is 1.33 bits per heavy atom. The van der Waals surface area contributed by atoms with Gasteiger partial charge in [-0.3, -0.25) is 0 Å². The van der Waals surface area contributed by atoms with E-state index in [1.807, 2.05) is 22.8 Å². The number of aromatic nitrogens is 2. The molecular formula is C13H15BrClN3. The first-order chi connectivity index (χ1) is 8.30. The van der Waals surface area contributed by atoms with Gasteiger partial charge in [-0.05, 0) is 48.8 Å². The molecule has 5 heteroatoms. The van der Waals surface area contributed by atoms with Gasteiger partial charge in [-0.15, -0.1) is 0 Å². The molecular weight excluding hydrogens is 314 g/mol. The summed E-state index contributed by atoms with van der Waals surface area (Å²) in [4.78, 5) is 4.39. The molecule has 0 aliphatic heterocycles. The lowest BCUT2D eigenvalue weighted by molar-refractivity contribution is 0.402. The van der Waals surface area contributed by atoms with Crippen LogP contribution in [0.4, 0.5) is 5.82 Å². The van der Waals surface area contributed by atoms with Crippen molar-refractivity contribution in [2.45, 2.75) is 26.3 Å². The van der Waals surface area contributed by atoms with E-state index in [1.54, 1.807) is 6.33 Å². The zero-order valence-electron chi connectivity index (χ0n) is 10.5. The van der Waals surface area contributed by atoms with E-state index >= 15 is 0 Å². The molecule has 0 unspecified atom stereocenters. The van der Waals surface area contributed by atoms with Crippen LogP contribution in [0.25, 0.3) is 11.3 Å². The van der Waals surface area contributed by atoms with Gasteiger partial charge in [-0.2, -0.15) is 0 Å². The van der Waals surface area contributed by atoms with Crippen molar-refractivity contribution >= 4 is 33.3 Å². The Kier molecular flexibility index (Phi) is 3.43. The Morgan fingerprint density at radius 2 is 2.00 bits per heavy atom. The lowest BCUT2D eigenvalue weighted by Crippen LogP contribution is -2.22. The summed E-state index contributed by atoms with van der Waals surface area (Å²) >= 11 is 9.46. The van der Waals surface area contributed by atoms with Gasteiger partial charge in [0.15, 0.2) is 0 Å². The molecule has 0 spiro atoms. The number of anilines is 1. The number of nitrogens with two attached hydrogens (primary N) is 1. The Bertz CT molecular complexity index is 584. The summed E-state index contributed by atoms with van der Waals surface area (Å²) in [6.45, 7) is 6.26. The first-order valence-corrected chi connectivity index (χ1v) is 6.76. The minimum atomic E-state index is -0.0888. The molecule has 18 heavy (non-hydrogen) atoms. The topological polar surface area (TPSA) is 43.8 Å². The summed E-state index contributed by atoms with van der Waals surface area (Å²) in [6.07, 6.45) is 1.76.